The molecule has 1 heterocycles. The number of thiophene rings is 1. The summed E-state index contributed by atoms with van der Waals surface area (Å²) < 4.78 is 25.7. The Labute approximate surface area is 169 Å². The largest absolute Gasteiger partial charge is 0.386 e. The SMILES string of the molecule is CCNC(=NCC(O)c1ccc(Cl)s1)NCCNS(=O)(=O)CC.I. The average molecular weight is 511 g/mol. The van der Waals surface area contributed by atoms with Gasteiger partial charge in [0.15, 0.2) is 5.96 Å². The Morgan fingerprint density at radius 1 is 1.33 bits per heavy atom. The summed E-state index contributed by atoms with van der Waals surface area (Å²) in [6.07, 6.45) is -0.721. The number of nitrogens with one attached hydrogen (secondary N) is 3. The first-order valence-corrected chi connectivity index (χ1v) is 10.2. The first-order chi connectivity index (χ1) is 10.9. The van der Waals surface area contributed by atoms with Gasteiger partial charge in [0, 0.05) is 24.5 Å². The van der Waals surface area contributed by atoms with Crippen LogP contribution in [0.2, 0.25) is 4.34 Å². The van der Waals surface area contributed by atoms with Gasteiger partial charge in [-0.1, -0.05) is 11.6 Å². The van der Waals surface area contributed by atoms with E-state index in [0.717, 1.165) is 4.88 Å². The molecule has 0 aromatic carbocycles. The molecule has 24 heavy (non-hydrogen) atoms. The molecule has 4 N–H and O–H groups in total. The molecule has 1 rings (SSSR count). The fraction of sp³-hybridized carbons (Fsp3) is 0.615. The molecule has 0 saturated heterocycles. The predicted molar refractivity (Wildman–Crippen MR) is 111 cm³/mol. The molecule has 7 nitrogen and oxygen atoms in total. The van der Waals surface area contributed by atoms with Crippen molar-refractivity contribution < 1.29 is 13.5 Å². The molecule has 11 heteroatoms. The minimum absolute atomic E-state index is 0. The lowest BCUT2D eigenvalue weighted by atomic mass is 10.3. The highest BCUT2D eigenvalue weighted by molar-refractivity contribution is 14.0. The minimum atomic E-state index is -3.19. The molecule has 0 radical (unpaired) electrons. The summed E-state index contributed by atoms with van der Waals surface area (Å²) in [4.78, 5) is 5.04. The Balaban J connectivity index is 0.00000529. The monoisotopic (exact) mass is 510 g/mol. The normalized spacial score (nSPS) is 13.2. The van der Waals surface area contributed by atoms with E-state index < -0.39 is 16.1 Å². The second kappa shape index (κ2) is 12.3. The van der Waals surface area contributed by atoms with E-state index in [1.807, 2.05) is 6.92 Å². The fourth-order valence-electron chi connectivity index (χ4n) is 1.61. The van der Waals surface area contributed by atoms with Crippen molar-refractivity contribution in [1.29, 1.82) is 0 Å². The lowest BCUT2D eigenvalue weighted by Crippen LogP contribution is -2.42. The second-order valence-corrected chi connectivity index (χ2v) is 8.44. The van der Waals surface area contributed by atoms with Gasteiger partial charge in [-0.05, 0) is 26.0 Å². The Morgan fingerprint density at radius 3 is 2.58 bits per heavy atom. The molecule has 0 aliphatic rings. The van der Waals surface area contributed by atoms with Crippen LogP contribution in [0.1, 0.15) is 24.8 Å². The van der Waals surface area contributed by atoms with Crippen LogP contribution >= 0.6 is 46.9 Å². The van der Waals surface area contributed by atoms with E-state index in [9.17, 15) is 13.5 Å². The molecule has 0 fully saturated rings. The van der Waals surface area contributed by atoms with E-state index in [1.165, 1.54) is 11.3 Å². The standard InChI is InChI=1S/C13H23ClN4O3S2.HI/c1-3-15-13(16-7-8-18-23(20,21)4-2)17-9-10(19)11-5-6-12(14)22-11;/h5-6,10,18-19H,3-4,7-9H2,1-2H3,(H2,15,16,17);1H. The number of hydrogen-bond donors (Lipinski definition) is 4. The molecule has 0 amide bonds. The third kappa shape index (κ3) is 9.37. The predicted octanol–water partition coefficient (Wildman–Crippen LogP) is 1.55. The third-order valence-corrected chi connectivity index (χ3v) is 5.54. The number of halogens is 2. The van der Waals surface area contributed by atoms with Gasteiger partial charge in [-0.2, -0.15) is 0 Å². The van der Waals surface area contributed by atoms with E-state index in [-0.39, 0.29) is 42.8 Å². The number of aliphatic hydroxyl groups excluding tert-OH is 1. The van der Waals surface area contributed by atoms with Crippen LogP contribution in [-0.4, -0.2) is 51.4 Å². The molecule has 140 valence electrons. The topological polar surface area (TPSA) is 103 Å². The molecular weight excluding hydrogens is 487 g/mol. The lowest BCUT2D eigenvalue weighted by molar-refractivity contribution is 0.191. The Hall–Kier alpha value is -0.140. The fourth-order valence-corrected chi connectivity index (χ4v) is 3.26. The molecule has 0 saturated carbocycles. The van der Waals surface area contributed by atoms with E-state index in [4.69, 9.17) is 11.6 Å². The molecule has 0 aliphatic carbocycles. The molecule has 1 atom stereocenters. The number of rotatable bonds is 9. The number of aliphatic imine (C=N–C) groups is 1. The molecule has 1 aromatic heterocycles. The van der Waals surface area contributed by atoms with E-state index >= 15 is 0 Å². The van der Waals surface area contributed by atoms with E-state index in [0.29, 0.717) is 23.4 Å². The highest BCUT2D eigenvalue weighted by atomic mass is 127. The number of hydrogen-bond acceptors (Lipinski definition) is 5. The van der Waals surface area contributed by atoms with Gasteiger partial charge in [-0.25, -0.2) is 13.1 Å². The lowest BCUT2D eigenvalue weighted by Gasteiger charge is -2.13. The Kier molecular flexibility index (Phi) is 12.2. The van der Waals surface area contributed by atoms with Gasteiger partial charge >= 0.3 is 0 Å². The minimum Gasteiger partial charge on any atom is -0.386 e. The molecule has 0 bridgehead atoms. The van der Waals surface area contributed by atoms with Crippen molar-refractivity contribution >= 4 is 62.9 Å². The van der Waals surface area contributed by atoms with Gasteiger partial charge < -0.3 is 15.7 Å². The van der Waals surface area contributed by atoms with Crippen molar-refractivity contribution in [2.75, 3.05) is 31.9 Å². The summed E-state index contributed by atoms with van der Waals surface area (Å²) in [6.45, 7) is 5.02. The van der Waals surface area contributed by atoms with Gasteiger partial charge in [0.1, 0.15) is 6.10 Å². The number of sulfonamides is 1. The third-order valence-electron chi connectivity index (χ3n) is 2.81. The van der Waals surface area contributed by atoms with Crippen molar-refractivity contribution in [3.05, 3.63) is 21.3 Å². The number of guanidine groups is 1. The Morgan fingerprint density at radius 2 is 2.04 bits per heavy atom. The zero-order chi connectivity index (χ0) is 17.3. The first-order valence-electron chi connectivity index (χ1n) is 7.30. The van der Waals surface area contributed by atoms with E-state index in [1.54, 1.807) is 19.1 Å². The summed E-state index contributed by atoms with van der Waals surface area (Å²) in [6, 6.07) is 3.50. The summed E-state index contributed by atoms with van der Waals surface area (Å²) in [7, 11) is -3.19. The molecule has 1 aromatic rings. The maximum atomic E-state index is 11.3. The summed E-state index contributed by atoms with van der Waals surface area (Å²) in [5.74, 6) is 0.571. The molecule has 0 spiro atoms. The highest BCUT2D eigenvalue weighted by Gasteiger charge is 2.10. The van der Waals surface area contributed by atoms with Crippen LogP contribution in [-0.2, 0) is 10.0 Å². The molecular formula is C13H24ClIN4O3S2. The number of nitrogens with zero attached hydrogens (tertiary/aromatic N) is 1. The molecule has 1 unspecified atom stereocenters. The summed E-state index contributed by atoms with van der Waals surface area (Å²) in [5.41, 5.74) is 0. The van der Waals surface area contributed by atoms with Crippen LogP contribution in [0.3, 0.4) is 0 Å². The van der Waals surface area contributed by atoms with Crippen LogP contribution in [0.5, 0.6) is 0 Å². The van der Waals surface area contributed by atoms with Gasteiger partial charge in [-0.15, -0.1) is 35.3 Å². The van der Waals surface area contributed by atoms with Crippen molar-refractivity contribution in [2.24, 2.45) is 4.99 Å². The first kappa shape index (κ1) is 23.9. The zero-order valence-electron chi connectivity index (χ0n) is 13.6. The maximum absolute atomic E-state index is 11.3. The van der Waals surface area contributed by atoms with E-state index in [2.05, 4.69) is 20.3 Å². The highest BCUT2D eigenvalue weighted by Crippen LogP contribution is 2.26. The van der Waals surface area contributed by atoms with Crippen LogP contribution in [0.15, 0.2) is 17.1 Å². The van der Waals surface area contributed by atoms with Gasteiger partial charge in [-0.3, -0.25) is 4.99 Å². The van der Waals surface area contributed by atoms with Gasteiger partial charge in [0.05, 0.1) is 16.6 Å². The van der Waals surface area contributed by atoms with Crippen molar-refractivity contribution in [3.63, 3.8) is 0 Å². The summed E-state index contributed by atoms with van der Waals surface area (Å²) in [5, 5.41) is 16.1. The van der Waals surface area contributed by atoms with Gasteiger partial charge in [0.25, 0.3) is 0 Å². The number of aliphatic hydroxyl groups is 1. The van der Waals surface area contributed by atoms with Gasteiger partial charge in [0.2, 0.25) is 10.0 Å². The second-order valence-electron chi connectivity index (χ2n) is 4.60. The average Bonchev–Trinajstić information content (AvgIpc) is 2.95. The molecule has 0 aliphatic heterocycles. The quantitative estimate of drug-likeness (QED) is 0.175. The van der Waals surface area contributed by atoms with Crippen LogP contribution < -0.4 is 15.4 Å². The smallest absolute Gasteiger partial charge is 0.211 e. The summed E-state index contributed by atoms with van der Waals surface area (Å²) >= 11 is 7.16. The Bertz CT molecular complexity index is 610. The van der Waals surface area contributed by atoms with Crippen LogP contribution in [0, 0.1) is 0 Å². The maximum Gasteiger partial charge on any atom is 0.211 e. The van der Waals surface area contributed by atoms with Crippen molar-refractivity contribution in [2.45, 2.75) is 20.0 Å². The van der Waals surface area contributed by atoms with Crippen molar-refractivity contribution in [1.82, 2.24) is 15.4 Å². The van der Waals surface area contributed by atoms with Crippen LogP contribution in [0.25, 0.3) is 0 Å². The zero-order valence-corrected chi connectivity index (χ0v) is 18.3. The van der Waals surface area contributed by atoms with Crippen LogP contribution in [0.4, 0.5) is 0 Å². The van der Waals surface area contributed by atoms with Crippen molar-refractivity contribution in [3.8, 4) is 0 Å².